The molecule has 1 aliphatic rings. The quantitative estimate of drug-likeness (QED) is 0.590. The van der Waals surface area contributed by atoms with Crippen molar-refractivity contribution in [2.45, 2.75) is 25.2 Å². The number of carbonyl (C=O) groups is 1. The number of aldehydes is 1. The fraction of sp³-hybridized carbons (Fsp3) is 0.500. The molecule has 0 bridgehead atoms. The lowest BCUT2D eigenvalue weighted by molar-refractivity contribution is -0.109. The number of carbonyl (C=O) groups excluding carboxylic acids is 1. The van der Waals surface area contributed by atoms with Gasteiger partial charge in [-0.25, -0.2) is 0 Å². The van der Waals surface area contributed by atoms with Gasteiger partial charge in [0.05, 0.1) is 11.6 Å². The van der Waals surface area contributed by atoms with Crippen LogP contribution in [0.2, 0.25) is 0 Å². The maximum absolute atomic E-state index is 11.1. The molecule has 0 spiro atoms. The van der Waals surface area contributed by atoms with E-state index in [1.54, 1.807) is 0 Å². The van der Waals surface area contributed by atoms with Crippen molar-refractivity contribution in [2.75, 3.05) is 0 Å². The highest BCUT2D eigenvalue weighted by Gasteiger charge is 2.23. The number of aromatic nitrogens is 2. The Morgan fingerprint density at radius 2 is 2.25 bits per heavy atom. The Kier molecular flexibility index (Phi) is 1.60. The molecule has 0 radical (unpaired) electrons. The Bertz CT molecular complexity index is 350. The van der Waals surface area contributed by atoms with Crippen molar-refractivity contribution in [1.82, 2.24) is 10.2 Å². The first-order chi connectivity index (χ1) is 5.83. The second-order valence-corrected chi connectivity index (χ2v) is 3.11. The molecule has 64 valence electrons. The van der Waals surface area contributed by atoms with Crippen LogP contribution in [0, 0.1) is 0 Å². The van der Waals surface area contributed by atoms with Crippen LogP contribution < -0.4 is 5.56 Å². The monoisotopic (exact) mass is 166 g/mol. The minimum Gasteiger partial charge on any atom is -0.303 e. The highest BCUT2D eigenvalue weighted by molar-refractivity contribution is 5.62. The first-order valence-electron chi connectivity index (χ1n) is 4.07. The largest absolute Gasteiger partial charge is 0.303 e. The van der Waals surface area contributed by atoms with E-state index in [0.717, 1.165) is 36.8 Å². The zero-order valence-electron chi connectivity index (χ0n) is 6.59. The predicted molar refractivity (Wildman–Crippen MR) is 43.2 cm³/mol. The number of rotatable bonds is 1. The summed E-state index contributed by atoms with van der Waals surface area (Å²) in [6.45, 7) is 0. The minimum atomic E-state index is -0.104. The molecule has 1 atom stereocenters. The van der Waals surface area contributed by atoms with Crippen molar-refractivity contribution < 1.29 is 4.79 Å². The second-order valence-electron chi connectivity index (χ2n) is 3.11. The summed E-state index contributed by atoms with van der Waals surface area (Å²) in [5, 5.41) is 5.26. The van der Waals surface area contributed by atoms with Gasteiger partial charge in [-0.2, -0.15) is 0 Å². The van der Waals surface area contributed by atoms with Crippen LogP contribution in [0.15, 0.2) is 4.79 Å². The van der Waals surface area contributed by atoms with Gasteiger partial charge in [0.25, 0.3) is 5.56 Å². The highest BCUT2D eigenvalue weighted by Crippen LogP contribution is 2.25. The Morgan fingerprint density at radius 3 is 3.00 bits per heavy atom. The summed E-state index contributed by atoms with van der Waals surface area (Å²) in [5.74, 6) is -0.104. The lowest BCUT2D eigenvalue weighted by Gasteiger charge is -2.14. The summed E-state index contributed by atoms with van der Waals surface area (Å²) in [6, 6.07) is 0. The summed E-state index contributed by atoms with van der Waals surface area (Å²) in [4.78, 5) is 21.7. The smallest absolute Gasteiger partial charge is 0.267 e. The van der Waals surface area contributed by atoms with E-state index in [4.69, 9.17) is 0 Å². The summed E-state index contributed by atoms with van der Waals surface area (Å²) in [6.07, 6.45) is 3.47. The molecule has 0 aliphatic heterocycles. The maximum atomic E-state index is 11.1. The van der Waals surface area contributed by atoms with Crippen molar-refractivity contribution >= 4 is 6.29 Å². The van der Waals surface area contributed by atoms with Crippen LogP contribution >= 0.6 is 0 Å². The summed E-state index contributed by atoms with van der Waals surface area (Å²) in [5.41, 5.74) is 1.48. The van der Waals surface area contributed by atoms with E-state index >= 15 is 0 Å². The normalized spacial score (nSPS) is 21.8. The molecule has 1 aromatic rings. The van der Waals surface area contributed by atoms with Crippen LogP contribution in [-0.4, -0.2) is 16.5 Å². The van der Waals surface area contributed by atoms with Gasteiger partial charge in [-0.15, -0.1) is 0 Å². The molecule has 1 aromatic heterocycles. The first kappa shape index (κ1) is 7.34. The third-order valence-corrected chi connectivity index (χ3v) is 2.39. The Labute approximate surface area is 69.0 Å². The molecule has 12 heavy (non-hydrogen) atoms. The van der Waals surface area contributed by atoms with Crippen molar-refractivity contribution in [3.63, 3.8) is 0 Å². The second kappa shape index (κ2) is 2.62. The summed E-state index contributed by atoms with van der Waals surface area (Å²) >= 11 is 0. The van der Waals surface area contributed by atoms with Crippen molar-refractivity contribution in [3.8, 4) is 0 Å². The molecule has 2 rings (SSSR count). The maximum Gasteiger partial charge on any atom is 0.267 e. The average molecular weight is 166 g/mol. The molecule has 0 amide bonds. The van der Waals surface area contributed by atoms with E-state index in [-0.39, 0.29) is 11.5 Å². The zero-order chi connectivity index (χ0) is 8.55. The number of hydrogen-bond donors (Lipinski definition) is 2. The van der Waals surface area contributed by atoms with E-state index < -0.39 is 0 Å². The Hall–Kier alpha value is -1.32. The van der Waals surface area contributed by atoms with Crippen molar-refractivity contribution in [1.29, 1.82) is 0 Å². The molecule has 1 aliphatic carbocycles. The predicted octanol–water partition coefficient (Wildman–Crippen LogP) is 0.322. The molecule has 0 aromatic carbocycles. The molecule has 0 fully saturated rings. The first-order valence-corrected chi connectivity index (χ1v) is 4.07. The van der Waals surface area contributed by atoms with Gasteiger partial charge in [-0.3, -0.25) is 9.89 Å². The minimum absolute atomic E-state index is 0.0726. The SMILES string of the molecule is O=CC1CCCc2c1[nH][nH]c2=O. The molecule has 1 unspecified atom stereocenters. The van der Waals surface area contributed by atoms with Gasteiger partial charge in [-0.05, 0) is 19.3 Å². The molecule has 1 heterocycles. The topological polar surface area (TPSA) is 65.7 Å². The molecule has 4 nitrogen and oxygen atoms in total. The van der Waals surface area contributed by atoms with Gasteiger partial charge >= 0.3 is 0 Å². The van der Waals surface area contributed by atoms with Gasteiger partial charge in [-0.1, -0.05) is 0 Å². The molecule has 4 heteroatoms. The van der Waals surface area contributed by atoms with Crippen LogP contribution in [0.3, 0.4) is 0 Å². The Morgan fingerprint density at radius 1 is 1.42 bits per heavy atom. The van der Waals surface area contributed by atoms with Gasteiger partial charge in [0.1, 0.15) is 6.29 Å². The molecular weight excluding hydrogens is 156 g/mol. The molecule has 0 saturated carbocycles. The average Bonchev–Trinajstić information content (AvgIpc) is 2.48. The summed E-state index contributed by atoms with van der Waals surface area (Å²) < 4.78 is 0. The van der Waals surface area contributed by atoms with Gasteiger partial charge in [0, 0.05) is 5.56 Å². The standard InChI is InChI=1S/C8H10N2O2/c11-4-5-2-1-3-6-7(5)9-10-8(6)12/h4-5H,1-3H2,(H2,9,10,12). The van der Waals surface area contributed by atoms with E-state index in [0.29, 0.717) is 0 Å². The van der Waals surface area contributed by atoms with Crippen LogP contribution in [0.5, 0.6) is 0 Å². The zero-order valence-corrected chi connectivity index (χ0v) is 6.59. The van der Waals surface area contributed by atoms with Gasteiger partial charge < -0.3 is 9.89 Å². The van der Waals surface area contributed by atoms with E-state index in [1.165, 1.54) is 0 Å². The lowest BCUT2D eigenvalue weighted by Crippen LogP contribution is -2.14. The fourth-order valence-electron chi connectivity index (χ4n) is 1.74. The van der Waals surface area contributed by atoms with E-state index in [9.17, 15) is 9.59 Å². The number of H-pyrrole nitrogens is 2. The van der Waals surface area contributed by atoms with E-state index in [1.807, 2.05) is 0 Å². The number of nitrogens with one attached hydrogen (secondary N) is 2. The lowest BCUT2D eigenvalue weighted by atomic mass is 9.89. The fourth-order valence-corrected chi connectivity index (χ4v) is 1.74. The third-order valence-electron chi connectivity index (χ3n) is 2.39. The molecule has 0 saturated heterocycles. The number of aromatic amines is 2. The van der Waals surface area contributed by atoms with Crippen LogP contribution in [0.25, 0.3) is 0 Å². The van der Waals surface area contributed by atoms with Crippen molar-refractivity contribution in [2.24, 2.45) is 0 Å². The van der Waals surface area contributed by atoms with E-state index in [2.05, 4.69) is 10.2 Å². The van der Waals surface area contributed by atoms with Gasteiger partial charge in [0.2, 0.25) is 0 Å². The highest BCUT2D eigenvalue weighted by atomic mass is 16.1. The molecule has 2 N–H and O–H groups in total. The van der Waals surface area contributed by atoms with Crippen LogP contribution in [0.1, 0.15) is 30.0 Å². The van der Waals surface area contributed by atoms with Gasteiger partial charge in [0.15, 0.2) is 0 Å². The summed E-state index contributed by atoms with van der Waals surface area (Å²) in [7, 11) is 0. The third kappa shape index (κ3) is 0.913. The number of fused-ring (bicyclic) bond motifs is 1. The Balaban J connectivity index is 2.52. The van der Waals surface area contributed by atoms with Crippen LogP contribution in [0.4, 0.5) is 0 Å². The number of hydrogen-bond acceptors (Lipinski definition) is 2. The van der Waals surface area contributed by atoms with Crippen molar-refractivity contribution in [3.05, 3.63) is 21.6 Å². The molecular formula is C8H10N2O2. The van der Waals surface area contributed by atoms with Crippen LogP contribution in [-0.2, 0) is 11.2 Å².